The van der Waals surface area contributed by atoms with Gasteiger partial charge in [0.25, 0.3) is 0 Å². The van der Waals surface area contributed by atoms with Crippen LogP contribution in [0.4, 0.5) is 0 Å². The number of unbranched alkanes of at least 4 members (excludes halogenated alkanes) is 8. The van der Waals surface area contributed by atoms with Gasteiger partial charge in [0.15, 0.2) is 0 Å². The van der Waals surface area contributed by atoms with Gasteiger partial charge in [-0.15, -0.1) is 0 Å². The van der Waals surface area contributed by atoms with E-state index in [-0.39, 0.29) is 47.6 Å². The fourth-order valence-electron chi connectivity index (χ4n) is 2.92. The molecule has 0 heterocycles. The number of benzene rings is 1. The van der Waals surface area contributed by atoms with Gasteiger partial charge in [0, 0.05) is 6.42 Å². The molecule has 6 heteroatoms. The third-order valence-corrected chi connectivity index (χ3v) is 4.50. The molecule has 0 aromatic heterocycles. The molecule has 1 aromatic carbocycles. The monoisotopic (exact) mass is 385 g/mol. The minimum Gasteiger partial charge on any atom is -0.548 e. The zero-order valence-electron chi connectivity index (χ0n) is 16.8. The average molecular weight is 385 g/mol. The summed E-state index contributed by atoms with van der Waals surface area (Å²) < 4.78 is 0. The van der Waals surface area contributed by atoms with E-state index in [4.69, 9.17) is 0 Å². The molecule has 0 aliphatic heterocycles. The van der Waals surface area contributed by atoms with Crippen molar-refractivity contribution in [3.05, 3.63) is 29.8 Å². The Kier molecular flexibility index (Phi) is 15.3. The molecular formula is C21H32NNaO4. The molecule has 0 radical (unpaired) electrons. The smallest absolute Gasteiger partial charge is 0.548 e. The number of hydrogen-bond donors (Lipinski definition) is 2. The quantitative estimate of drug-likeness (QED) is 0.351. The summed E-state index contributed by atoms with van der Waals surface area (Å²) >= 11 is 0. The maximum Gasteiger partial charge on any atom is 1.00 e. The van der Waals surface area contributed by atoms with Gasteiger partial charge in [0.05, 0.1) is 12.0 Å². The molecule has 0 bridgehead atoms. The van der Waals surface area contributed by atoms with Crippen LogP contribution in [0.2, 0.25) is 0 Å². The van der Waals surface area contributed by atoms with E-state index in [0.717, 1.165) is 24.8 Å². The first-order valence-electron chi connectivity index (χ1n) is 9.81. The van der Waals surface area contributed by atoms with Crippen LogP contribution in [0.5, 0.6) is 5.75 Å². The Morgan fingerprint density at radius 2 is 1.48 bits per heavy atom. The van der Waals surface area contributed by atoms with E-state index in [0.29, 0.717) is 6.42 Å². The number of aliphatic carboxylic acids is 1. The molecule has 0 fully saturated rings. The van der Waals surface area contributed by atoms with E-state index in [1.807, 2.05) is 0 Å². The van der Waals surface area contributed by atoms with Crippen molar-refractivity contribution >= 4 is 11.9 Å². The first-order chi connectivity index (χ1) is 12.5. The standard InChI is InChI=1S/C21H33NO4.Na/c1-2-3-4-5-6-7-8-9-10-11-20(24)22-19(21(25)26)16-17-12-14-18(23)15-13-17;/h12-15,19,23H,2-11,16H2,1H3,(H,22,24)(H,25,26);/q;+1/p-1. The van der Waals surface area contributed by atoms with Crippen LogP contribution in [-0.2, 0) is 16.0 Å². The number of amides is 1. The Morgan fingerprint density at radius 3 is 2.00 bits per heavy atom. The number of carboxylic acids is 1. The van der Waals surface area contributed by atoms with Crippen molar-refractivity contribution < 1.29 is 49.4 Å². The summed E-state index contributed by atoms with van der Waals surface area (Å²) in [5.74, 6) is -1.42. The second kappa shape index (κ2) is 16.0. The molecule has 27 heavy (non-hydrogen) atoms. The topological polar surface area (TPSA) is 89.5 Å². The van der Waals surface area contributed by atoms with Gasteiger partial charge in [-0.2, -0.15) is 0 Å². The minimum absolute atomic E-state index is 0. The van der Waals surface area contributed by atoms with Gasteiger partial charge in [0.1, 0.15) is 5.75 Å². The summed E-state index contributed by atoms with van der Waals surface area (Å²) in [7, 11) is 0. The molecule has 0 spiro atoms. The number of aromatic hydroxyl groups is 1. The van der Waals surface area contributed by atoms with Crippen LogP contribution in [0, 0.1) is 0 Å². The van der Waals surface area contributed by atoms with Gasteiger partial charge in [-0.05, 0) is 30.5 Å². The second-order valence-electron chi connectivity index (χ2n) is 6.89. The number of phenols is 1. The van der Waals surface area contributed by atoms with E-state index >= 15 is 0 Å². The van der Waals surface area contributed by atoms with Gasteiger partial charge < -0.3 is 20.3 Å². The van der Waals surface area contributed by atoms with Gasteiger partial charge in [0.2, 0.25) is 5.91 Å². The third-order valence-electron chi connectivity index (χ3n) is 4.50. The number of nitrogens with one attached hydrogen (secondary N) is 1. The van der Waals surface area contributed by atoms with Crippen LogP contribution < -0.4 is 40.0 Å². The summed E-state index contributed by atoms with van der Waals surface area (Å²) in [5.41, 5.74) is 0.723. The van der Waals surface area contributed by atoms with Crippen LogP contribution >= 0.6 is 0 Å². The summed E-state index contributed by atoms with van der Waals surface area (Å²) in [5, 5.41) is 23.1. The number of carbonyl (C=O) groups excluding carboxylic acids is 2. The van der Waals surface area contributed by atoms with E-state index in [9.17, 15) is 19.8 Å². The Hall–Kier alpha value is -1.04. The van der Waals surface area contributed by atoms with E-state index in [1.165, 1.54) is 50.7 Å². The van der Waals surface area contributed by atoms with Crippen LogP contribution in [0.1, 0.15) is 76.7 Å². The Morgan fingerprint density at radius 1 is 0.963 bits per heavy atom. The SMILES string of the molecule is CCCCCCCCCCCC(=O)NC(Cc1ccc(O)cc1)C(=O)[O-].[Na+]. The Labute approximate surface area is 185 Å². The van der Waals surface area contributed by atoms with E-state index in [2.05, 4.69) is 12.2 Å². The van der Waals surface area contributed by atoms with Crippen molar-refractivity contribution in [3.8, 4) is 5.75 Å². The molecule has 1 unspecified atom stereocenters. The first kappa shape index (κ1) is 26.0. The van der Waals surface area contributed by atoms with Crippen molar-refractivity contribution in [1.82, 2.24) is 5.32 Å². The summed E-state index contributed by atoms with van der Waals surface area (Å²) in [6.45, 7) is 2.21. The van der Waals surface area contributed by atoms with Crippen molar-refractivity contribution in [2.45, 2.75) is 83.6 Å². The van der Waals surface area contributed by atoms with Crippen LogP contribution in [-0.4, -0.2) is 23.0 Å². The number of phenolic OH excluding ortho intramolecular Hbond substituents is 1. The van der Waals surface area contributed by atoms with Crippen molar-refractivity contribution in [2.75, 3.05) is 0 Å². The Balaban J connectivity index is 0.00000676. The third kappa shape index (κ3) is 12.9. The molecule has 0 aliphatic rings. The van der Waals surface area contributed by atoms with Crippen molar-refractivity contribution in [3.63, 3.8) is 0 Å². The largest absolute Gasteiger partial charge is 1.00 e. The predicted molar refractivity (Wildman–Crippen MR) is 101 cm³/mol. The molecule has 0 saturated carbocycles. The summed E-state index contributed by atoms with van der Waals surface area (Å²) in [6, 6.07) is 5.21. The first-order valence-corrected chi connectivity index (χ1v) is 9.81. The molecule has 5 nitrogen and oxygen atoms in total. The van der Waals surface area contributed by atoms with Gasteiger partial charge in [-0.25, -0.2) is 0 Å². The molecule has 1 rings (SSSR count). The fourth-order valence-corrected chi connectivity index (χ4v) is 2.92. The van der Waals surface area contributed by atoms with Crippen LogP contribution in [0.3, 0.4) is 0 Å². The van der Waals surface area contributed by atoms with Crippen LogP contribution in [0.25, 0.3) is 0 Å². The normalized spacial score (nSPS) is 11.4. The number of hydrogen-bond acceptors (Lipinski definition) is 4. The van der Waals surface area contributed by atoms with Gasteiger partial charge in [-0.3, -0.25) is 4.79 Å². The molecule has 1 amide bonds. The number of rotatable bonds is 14. The predicted octanol–water partition coefficient (Wildman–Crippen LogP) is 0.0943. The number of carboxylic acid groups (broad SMARTS) is 1. The minimum atomic E-state index is -1.29. The molecular weight excluding hydrogens is 353 g/mol. The zero-order chi connectivity index (χ0) is 19.2. The summed E-state index contributed by atoms with van der Waals surface area (Å²) in [4.78, 5) is 23.2. The summed E-state index contributed by atoms with van der Waals surface area (Å²) in [6.07, 6.45) is 11.0. The van der Waals surface area contributed by atoms with E-state index in [1.54, 1.807) is 12.1 Å². The van der Waals surface area contributed by atoms with Gasteiger partial charge in [-0.1, -0.05) is 70.4 Å². The molecule has 1 atom stereocenters. The zero-order valence-corrected chi connectivity index (χ0v) is 18.8. The molecule has 2 N–H and O–H groups in total. The molecule has 1 aromatic rings. The maximum atomic E-state index is 12.0. The van der Waals surface area contributed by atoms with Crippen LogP contribution in [0.15, 0.2) is 24.3 Å². The molecule has 0 saturated heterocycles. The maximum absolute atomic E-state index is 12.0. The number of carbonyl (C=O) groups is 2. The van der Waals surface area contributed by atoms with Crippen molar-refractivity contribution in [2.24, 2.45) is 0 Å². The average Bonchev–Trinajstić information content (AvgIpc) is 2.61. The molecule has 0 aliphatic carbocycles. The fraction of sp³-hybridized carbons (Fsp3) is 0.619. The van der Waals surface area contributed by atoms with Gasteiger partial charge >= 0.3 is 29.6 Å². The Bertz CT molecular complexity index is 533. The van der Waals surface area contributed by atoms with Crippen molar-refractivity contribution in [1.29, 1.82) is 0 Å². The van der Waals surface area contributed by atoms with E-state index < -0.39 is 12.0 Å². The molecule has 146 valence electrons. The second-order valence-corrected chi connectivity index (χ2v) is 6.89.